The summed E-state index contributed by atoms with van der Waals surface area (Å²) in [5, 5.41) is 0. The zero-order valence-electron chi connectivity index (χ0n) is 17.8. The number of imidazole rings is 1. The number of hydrogen-bond donors (Lipinski definition) is 1. The summed E-state index contributed by atoms with van der Waals surface area (Å²) in [6.07, 6.45) is 1.93. The van der Waals surface area contributed by atoms with E-state index in [9.17, 15) is 14.4 Å². The van der Waals surface area contributed by atoms with Gasteiger partial charge in [0.15, 0.2) is 0 Å². The maximum absolute atomic E-state index is 13.1. The number of carbonyl (C=O) groups excluding carboxylic acids is 3. The fraction of sp³-hybridized carbons (Fsp3) is 0.333. The lowest BCUT2D eigenvalue weighted by atomic mass is 9.95. The van der Waals surface area contributed by atoms with Crippen LogP contribution in [0.1, 0.15) is 41.4 Å². The molecule has 2 aromatic carbocycles. The Bertz CT molecular complexity index is 1150. The third kappa shape index (κ3) is 3.56. The number of likely N-dealkylation sites (tertiary alicyclic amines) is 1. The molecule has 0 aliphatic carbocycles. The van der Waals surface area contributed by atoms with Gasteiger partial charge in [-0.25, -0.2) is 14.7 Å². The maximum Gasteiger partial charge on any atom is 0.337 e. The van der Waals surface area contributed by atoms with Crippen molar-refractivity contribution in [2.75, 3.05) is 25.1 Å². The number of methoxy groups -OCH3 is 1. The molecule has 164 valence electrons. The van der Waals surface area contributed by atoms with E-state index in [1.165, 1.54) is 12.0 Å². The molecule has 32 heavy (non-hydrogen) atoms. The molecule has 2 aliphatic heterocycles. The summed E-state index contributed by atoms with van der Waals surface area (Å²) in [7, 11) is 1.31. The van der Waals surface area contributed by atoms with Crippen LogP contribution in [0.5, 0.6) is 0 Å². The van der Waals surface area contributed by atoms with Gasteiger partial charge in [0.05, 0.1) is 41.9 Å². The number of anilines is 1. The first-order chi connectivity index (χ1) is 15.5. The predicted octanol–water partition coefficient (Wildman–Crippen LogP) is 2.86. The van der Waals surface area contributed by atoms with Gasteiger partial charge in [0.2, 0.25) is 5.91 Å². The number of piperidine rings is 1. The summed E-state index contributed by atoms with van der Waals surface area (Å²) in [5.41, 5.74) is 2.86. The monoisotopic (exact) mass is 432 g/mol. The van der Waals surface area contributed by atoms with E-state index in [1.54, 1.807) is 24.3 Å². The highest BCUT2D eigenvalue weighted by Gasteiger charge is 2.43. The van der Waals surface area contributed by atoms with Crippen molar-refractivity contribution in [2.45, 2.75) is 31.2 Å². The van der Waals surface area contributed by atoms with Crippen molar-refractivity contribution in [1.82, 2.24) is 14.9 Å². The third-order valence-electron chi connectivity index (χ3n) is 6.43. The van der Waals surface area contributed by atoms with Gasteiger partial charge in [-0.2, -0.15) is 0 Å². The lowest BCUT2D eigenvalue weighted by Gasteiger charge is -2.34. The number of imide groups is 1. The molecule has 0 saturated carbocycles. The zero-order chi connectivity index (χ0) is 22.2. The Morgan fingerprint density at radius 1 is 1.06 bits per heavy atom. The highest BCUT2D eigenvalue weighted by molar-refractivity contribution is 6.22. The van der Waals surface area contributed by atoms with E-state index in [-0.39, 0.29) is 18.2 Å². The normalized spacial score (nSPS) is 20.3. The number of benzene rings is 2. The number of hydrogen-bond acceptors (Lipinski definition) is 6. The van der Waals surface area contributed by atoms with Crippen molar-refractivity contribution in [1.29, 1.82) is 0 Å². The van der Waals surface area contributed by atoms with E-state index in [1.807, 2.05) is 24.3 Å². The first kappa shape index (κ1) is 20.4. The maximum atomic E-state index is 13.1. The van der Waals surface area contributed by atoms with Crippen LogP contribution in [0.3, 0.4) is 0 Å². The number of nitrogens with one attached hydrogen (secondary N) is 1. The van der Waals surface area contributed by atoms with Crippen LogP contribution in [0, 0.1) is 0 Å². The second-order valence-corrected chi connectivity index (χ2v) is 8.28. The van der Waals surface area contributed by atoms with Gasteiger partial charge < -0.3 is 9.72 Å². The molecular weight excluding hydrogens is 408 g/mol. The largest absolute Gasteiger partial charge is 0.465 e. The number of rotatable bonds is 4. The topological polar surface area (TPSA) is 95.6 Å². The van der Waals surface area contributed by atoms with Crippen molar-refractivity contribution in [3.8, 4) is 0 Å². The number of H-pyrrole nitrogens is 1. The Kier molecular flexibility index (Phi) is 5.22. The summed E-state index contributed by atoms with van der Waals surface area (Å²) < 4.78 is 4.70. The van der Waals surface area contributed by atoms with Gasteiger partial charge in [0.1, 0.15) is 5.82 Å². The molecule has 0 radical (unpaired) electrons. The lowest BCUT2D eigenvalue weighted by molar-refractivity contribution is -0.123. The minimum atomic E-state index is -0.458. The lowest BCUT2D eigenvalue weighted by Crippen LogP contribution is -2.45. The summed E-state index contributed by atoms with van der Waals surface area (Å²) in [6, 6.07) is 13.9. The second kappa shape index (κ2) is 8.20. The van der Waals surface area contributed by atoms with Gasteiger partial charge in [-0.15, -0.1) is 0 Å². The predicted molar refractivity (Wildman–Crippen MR) is 118 cm³/mol. The molecule has 2 amide bonds. The summed E-state index contributed by atoms with van der Waals surface area (Å²) in [6.45, 7) is 1.47. The van der Waals surface area contributed by atoms with Crippen molar-refractivity contribution in [3.63, 3.8) is 0 Å². The van der Waals surface area contributed by atoms with Crippen LogP contribution in [0.4, 0.5) is 5.69 Å². The van der Waals surface area contributed by atoms with Crippen molar-refractivity contribution < 1.29 is 19.1 Å². The molecular formula is C24H24N4O4. The molecule has 3 aromatic rings. The third-order valence-corrected chi connectivity index (χ3v) is 6.43. The van der Waals surface area contributed by atoms with Crippen LogP contribution in [-0.4, -0.2) is 58.9 Å². The second-order valence-electron chi connectivity index (χ2n) is 8.28. The Labute approximate surface area is 185 Å². The number of esters is 1. The molecule has 0 spiro atoms. The smallest absolute Gasteiger partial charge is 0.337 e. The zero-order valence-corrected chi connectivity index (χ0v) is 17.8. The minimum Gasteiger partial charge on any atom is -0.465 e. The average Bonchev–Trinajstić information content (AvgIpc) is 3.39. The van der Waals surface area contributed by atoms with Gasteiger partial charge in [-0.05, 0) is 62.3 Å². The molecule has 2 fully saturated rings. The van der Waals surface area contributed by atoms with Crippen LogP contribution >= 0.6 is 0 Å². The quantitative estimate of drug-likeness (QED) is 0.503. The van der Waals surface area contributed by atoms with E-state index in [4.69, 9.17) is 9.72 Å². The summed E-state index contributed by atoms with van der Waals surface area (Å²) >= 11 is 0. The number of carbonyl (C=O) groups is 3. The molecule has 8 heteroatoms. The molecule has 0 bridgehead atoms. The van der Waals surface area contributed by atoms with Gasteiger partial charge >= 0.3 is 5.97 Å². The highest BCUT2D eigenvalue weighted by atomic mass is 16.5. The molecule has 1 N–H and O–H groups in total. The first-order valence-electron chi connectivity index (χ1n) is 10.8. The molecule has 2 aliphatic rings. The van der Waals surface area contributed by atoms with Crippen molar-refractivity contribution in [2.24, 2.45) is 0 Å². The number of amides is 2. The molecule has 1 atom stereocenters. The van der Waals surface area contributed by atoms with Crippen LogP contribution in [0.2, 0.25) is 0 Å². The Morgan fingerprint density at radius 2 is 1.78 bits per heavy atom. The Morgan fingerprint density at radius 3 is 2.47 bits per heavy atom. The van der Waals surface area contributed by atoms with Crippen molar-refractivity contribution in [3.05, 3.63) is 59.9 Å². The number of fused-ring (bicyclic) bond motifs is 1. The van der Waals surface area contributed by atoms with Gasteiger partial charge in [0.25, 0.3) is 5.91 Å². The molecule has 8 nitrogen and oxygen atoms in total. The van der Waals surface area contributed by atoms with Gasteiger partial charge in [0, 0.05) is 5.92 Å². The molecule has 1 unspecified atom stereocenters. The van der Waals surface area contributed by atoms with Gasteiger partial charge in [-0.3, -0.25) is 14.5 Å². The number of aromatic amines is 1. The number of nitrogens with zero attached hydrogens (tertiary/aromatic N) is 3. The fourth-order valence-electron chi connectivity index (χ4n) is 4.69. The van der Waals surface area contributed by atoms with Crippen LogP contribution in [0.15, 0.2) is 48.5 Å². The van der Waals surface area contributed by atoms with Crippen LogP contribution in [-0.2, 0) is 14.3 Å². The molecule has 3 heterocycles. The molecule has 1 aromatic heterocycles. The van der Waals surface area contributed by atoms with Crippen LogP contribution in [0.25, 0.3) is 11.0 Å². The van der Waals surface area contributed by atoms with E-state index >= 15 is 0 Å². The molecule has 5 rings (SSSR count). The fourth-order valence-corrected chi connectivity index (χ4v) is 4.69. The highest BCUT2D eigenvalue weighted by Crippen LogP contribution is 2.32. The van der Waals surface area contributed by atoms with Gasteiger partial charge in [-0.1, -0.05) is 12.1 Å². The van der Waals surface area contributed by atoms with Crippen LogP contribution < -0.4 is 4.90 Å². The first-order valence-corrected chi connectivity index (χ1v) is 10.8. The number of ether oxygens (including phenoxy) is 1. The van der Waals surface area contributed by atoms with E-state index in [0.717, 1.165) is 42.8 Å². The summed E-state index contributed by atoms with van der Waals surface area (Å²) in [4.78, 5) is 48.9. The van der Waals surface area contributed by atoms with Crippen molar-refractivity contribution >= 4 is 34.5 Å². The summed E-state index contributed by atoms with van der Waals surface area (Å²) in [5.74, 6) is 0.425. The average molecular weight is 432 g/mol. The Balaban J connectivity index is 1.26. The minimum absolute atomic E-state index is 0.174. The standard InChI is InChI=1S/C24H24N4O4/c1-32-24(31)16-6-8-17(9-7-16)28-21(29)14-20(23(28)30)27-12-10-15(11-13-27)22-25-18-4-2-3-5-19(18)26-22/h2-9,15,20H,10-14H2,1H3,(H,25,26). The number of para-hydroxylation sites is 2. The number of aromatic nitrogens is 2. The SMILES string of the molecule is COC(=O)c1ccc(N2C(=O)CC(N3CCC(c4nc5ccccc5[nH]4)CC3)C2=O)cc1. The van der Waals surface area contributed by atoms with E-state index < -0.39 is 12.0 Å². The molecule has 2 saturated heterocycles. The van der Waals surface area contributed by atoms with E-state index in [2.05, 4.69) is 9.88 Å². The van der Waals surface area contributed by atoms with E-state index in [0.29, 0.717) is 17.2 Å². The Hall–Kier alpha value is -3.52.